The number of carbonyl (C=O) groups is 1. The van der Waals surface area contributed by atoms with E-state index in [1.807, 2.05) is 12.3 Å². The molecule has 0 aliphatic rings. The van der Waals surface area contributed by atoms with Gasteiger partial charge in [0.15, 0.2) is 0 Å². The van der Waals surface area contributed by atoms with Gasteiger partial charge in [0.05, 0.1) is 10.7 Å². The Morgan fingerprint density at radius 1 is 1.35 bits per heavy atom. The number of aromatic carboxylic acids is 1. The SMILES string of the molecule is CCCc1nc(-c2csc(C(C)(C)C)n2)sc1C(=O)O. The molecule has 0 aliphatic carbocycles. The van der Waals surface area contributed by atoms with Crippen molar-refractivity contribution in [2.24, 2.45) is 0 Å². The summed E-state index contributed by atoms with van der Waals surface area (Å²) in [6, 6.07) is 0. The number of hydrogen-bond acceptors (Lipinski definition) is 5. The second kappa shape index (κ2) is 5.61. The molecular weight excluding hydrogens is 292 g/mol. The van der Waals surface area contributed by atoms with Crippen LogP contribution in [0.15, 0.2) is 5.38 Å². The van der Waals surface area contributed by atoms with Gasteiger partial charge < -0.3 is 5.11 Å². The molecule has 0 fully saturated rings. The van der Waals surface area contributed by atoms with E-state index in [0.29, 0.717) is 22.0 Å². The van der Waals surface area contributed by atoms with Crippen LogP contribution in [0.3, 0.4) is 0 Å². The molecule has 0 bridgehead atoms. The molecule has 0 amide bonds. The Hall–Kier alpha value is -1.27. The summed E-state index contributed by atoms with van der Waals surface area (Å²) < 4.78 is 0. The molecule has 2 aromatic rings. The monoisotopic (exact) mass is 310 g/mol. The predicted molar refractivity (Wildman–Crippen MR) is 82.9 cm³/mol. The van der Waals surface area contributed by atoms with Crippen LogP contribution in [0.25, 0.3) is 10.7 Å². The fourth-order valence-corrected chi connectivity index (χ4v) is 3.63. The van der Waals surface area contributed by atoms with Crippen LogP contribution in [0, 0.1) is 0 Å². The molecule has 20 heavy (non-hydrogen) atoms. The normalized spacial score (nSPS) is 11.8. The number of carboxylic acid groups (broad SMARTS) is 1. The van der Waals surface area contributed by atoms with Crippen molar-refractivity contribution in [3.63, 3.8) is 0 Å². The van der Waals surface area contributed by atoms with Crippen molar-refractivity contribution < 1.29 is 9.90 Å². The molecule has 0 atom stereocenters. The Balaban J connectivity index is 2.40. The van der Waals surface area contributed by atoms with E-state index in [1.165, 1.54) is 11.3 Å². The highest BCUT2D eigenvalue weighted by atomic mass is 32.1. The van der Waals surface area contributed by atoms with Crippen LogP contribution in [-0.2, 0) is 11.8 Å². The van der Waals surface area contributed by atoms with Crippen molar-refractivity contribution in [1.82, 2.24) is 9.97 Å². The van der Waals surface area contributed by atoms with Crippen LogP contribution < -0.4 is 0 Å². The van der Waals surface area contributed by atoms with Gasteiger partial charge >= 0.3 is 5.97 Å². The van der Waals surface area contributed by atoms with Gasteiger partial charge in [0.2, 0.25) is 0 Å². The van der Waals surface area contributed by atoms with Gasteiger partial charge in [-0.3, -0.25) is 0 Å². The Kier molecular flexibility index (Phi) is 4.25. The summed E-state index contributed by atoms with van der Waals surface area (Å²) in [5, 5.41) is 12.9. The molecule has 2 aromatic heterocycles. The van der Waals surface area contributed by atoms with Crippen LogP contribution in [0.2, 0.25) is 0 Å². The third-order valence-corrected chi connectivity index (χ3v) is 5.12. The van der Waals surface area contributed by atoms with Crippen LogP contribution in [-0.4, -0.2) is 21.0 Å². The number of aryl methyl sites for hydroxylation is 1. The zero-order valence-corrected chi connectivity index (χ0v) is 13.7. The van der Waals surface area contributed by atoms with Gasteiger partial charge in [0.25, 0.3) is 0 Å². The summed E-state index contributed by atoms with van der Waals surface area (Å²) in [6.45, 7) is 8.36. The minimum Gasteiger partial charge on any atom is -0.477 e. The summed E-state index contributed by atoms with van der Waals surface area (Å²) >= 11 is 2.81. The maximum Gasteiger partial charge on any atom is 0.347 e. The smallest absolute Gasteiger partial charge is 0.347 e. The first-order valence-electron chi connectivity index (χ1n) is 6.52. The van der Waals surface area contributed by atoms with E-state index in [2.05, 4.69) is 30.7 Å². The van der Waals surface area contributed by atoms with Crippen LogP contribution in [0.5, 0.6) is 0 Å². The van der Waals surface area contributed by atoms with Gasteiger partial charge in [0.1, 0.15) is 15.6 Å². The van der Waals surface area contributed by atoms with E-state index in [9.17, 15) is 9.90 Å². The molecule has 0 saturated heterocycles. The van der Waals surface area contributed by atoms with Gasteiger partial charge in [-0.15, -0.1) is 22.7 Å². The fourth-order valence-electron chi connectivity index (χ4n) is 1.75. The molecule has 108 valence electrons. The van der Waals surface area contributed by atoms with E-state index >= 15 is 0 Å². The minimum absolute atomic E-state index is 0.00204. The Morgan fingerprint density at radius 2 is 2.05 bits per heavy atom. The first kappa shape index (κ1) is 15.1. The van der Waals surface area contributed by atoms with Crippen LogP contribution in [0.4, 0.5) is 0 Å². The zero-order valence-electron chi connectivity index (χ0n) is 12.1. The van der Waals surface area contributed by atoms with Crippen molar-refractivity contribution in [3.05, 3.63) is 21.0 Å². The number of carboxylic acids is 1. The van der Waals surface area contributed by atoms with Gasteiger partial charge in [-0.2, -0.15) is 0 Å². The lowest BCUT2D eigenvalue weighted by Gasteiger charge is -2.13. The van der Waals surface area contributed by atoms with E-state index in [0.717, 1.165) is 17.1 Å². The largest absolute Gasteiger partial charge is 0.477 e. The average Bonchev–Trinajstić information content (AvgIpc) is 2.93. The first-order valence-corrected chi connectivity index (χ1v) is 8.22. The number of thiazole rings is 2. The number of aromatic nitrogens is 2. The lowest BCUT2D eigenvalue weighted by Crippen LogP contribution is -2.10. The molecule has 0 saturated carbocycles. The summed E-state index contributed by atoms with van der Waals surface area (Å²) in [6.07, 6.45) is 1.57. The molecular formula is C14H18N2O2S2. The molecule has 0 aromatic carbocycles. The molecule has 6 heteroatoms. The van der Waals surface area contributed by atoms with Crippen molar-refractivity contribution in [2.75, 3.05) is 0 Å². The number of nitrogens with zero attached hydrogens (tertiary/aromatic N) is 2. The molecule has 2 heterocycles. The van der Waals surface area contributed by atoms with Crippen LogP contribution in [0.1, 0.15) is 54.5 Å². The minimum atomic E-state index is -0.900. The van der Waals surface area contributed by atoms with Crippen molar-refractivity contribution >= 4 is 28.6 Å². The lowest BCUT2D eigenvalue weighted by atomic mass is 9.98. The molecule has 0 aliphatic heterocycles. The highest BCUT2D eigenvalue weighted by Gasteiger charge is 2.22. The molecule has 4 nitrogen and oxygen atoms in total. The third-order valence-electron chi connectivity index (χ3n) is 2.74. The molecule has 0 radical (unpaired) electrons. The summed E-state index contributed by atoms with van der Waals surface area (Å²) in [5.74, 6) is -0.900. The van der Waals surface area contributed by atoms with Gasteiger partial charge in [-0.25, -0.2) is 14.8 Å². The second-order valence-electron chi connectivity index (χ2n) is 5.64. The average molecular weight is 310 g/mol. The second-order valence-corrected chi connectivity index (χ2v) is 7.50. The Labute approximate surface area is 126 Å². The van der Waals surface area contributed by atoms with Crippen molar-refractivity contribution in [1.29, 1.82) is 0 Å². The quantitative estimate of drug-likeness (QED) is 0.918. The third kappa shape index (κ3) is 3.07. The number of hydrogen-bond donors (Lipinski definition) is 1. The maximum absolute atomic E-state index is 11.3. The van der Waals surface area contributed by atoms with Gasteiger partial charge in [-0.1, -0.05) is 34.1 Å². The summed E-state index contributed by atoms with van der Waals surface area (Å²) in [4.78, 5) is 20.7. The van der Waals surface area contributed by atoms with E-state index in [1.54, 1.807) is 11.3 Å². The van der Waals surface area contributed by atoms with E-state index in [4.69, 9.17) is 0 Å². The standard InChI is InChI=1S/C14H18N2O2S2/c1-5-6-8-10(12(17)18)20-11(15-8)9-7-19-13(16-9)14(2,3)4/h7H,5-6H2,1-4H3,(H,17,18). The Morgan fingerprint density at radius 3 is 2.55 bits per heavy atom. The highest BCUT2D eigenvalue weighted by molar-refractivity contribution is 7.17. The topological polar surface area (TPSA) is 63.1 Å². The summed E-state index contributed by atoms with van der Waals surface area (Å²) in [7, 11) is 0. The maximum atomic E-state index is 11.3. The Bertz CT molecular complexity index is 623. The predicted octanol–water partition coefficient (Wildman–Crippen LogP) is 4.21. The number of rotatable bonds is 4. The van der Waals surface area contributed by atoms with Gasteiger partial charge in [0, 0.05) is 10.8 Å². The van der Waals surface area contributed by atoms with Crippen molar-refractivity contribution in [2.45, 2.75) is 46.0 Å². The van der Waals surface area contributed by atoms with Gasteiger partial charge in [-0.05, 0) is 6.42 Å². The molecule has 0 unspecified atom stereocenters. The van der Waals surface area contributed by atoms with E-state index in [-0.39, 0.29) is 5.41 Å². The lowest BCUT2D eigenvalue weighted by molar-refractivity contribution is 0.0700. The summed E-state index contributed by atoms with van der Waals surface area (Å²) in [5.41, 5.74) is 1.46. The zero-order chi connectivity index (χ0) is 14.9. The van der Waals surface area contributed by atoms with Crippen molar-refractivity contribution in [3.8, 4) is 10.7 Å². The molecule has 0 spiro atoms. The molecule has 1 N–H and O–H groups in total. The first-order chi connectivity index (χ1) is 9.32. The fraction of sp³-hybridized carbons (Fsp3) is 0.500. The van der Waals surface area contributed by atoms with Crippen LogP contribution >= 0.6 is 22.7 Å². The molecule has 2 rings (SSSR count). The highest BCUT2D eigenvalue weighted by Crippen LogP contribution is 2.33. The van der Waals surface area contributed by atoms with E-state index < -0.39 is 5.97 Å².